The highest BCUT2D eigenvalue weighted by Crippen LogP contribution is 2.17. The highest BCUT2D eigenvalue weighted by Gasteiger charge is 2.05. The molecule has 0 saturated carbocycles. The largest absolute Gasteiger partial charge is 0.378 e. The van der Waals surface area contributed by atoms with E-state index in [-0.39, 0.29) is 5.91 Å². The first-order valence-electron chi connectivity index (χ1n) is 8.60. The number of aryl methyl sites for hydroxylation is 2. The molecule has 0 unspecified atom stereocenters. The summed E-state index contributed by atoms with van der Waals surface area (Å²) in [6.45, 7) is 0.574. The molecular weight excluding hydrogens is 310 g/mol. The molecule has 0 aliphatic heterocycles. The van der Waals surface area contributed by atoms with Gasteiger partial charge in [0.15, 0.2) is 0 Å². The van der Waals surface area contributed by atoms with Crippen LogP contribution in [0, 0.1) is 0 Å². The third kappa shape index (κ3) is 4.21. The van der Waals surface area contributed by atoms with Crippen LogP contribution in [0.25, 0.3) is 10.9 Å². The zero-order chi connectivity index (χ0) is 17.8. The van der Waals surface area contributed by atoms with Crippen molar-refractivity contribution in [2.75, 3.05) is 19.0 Å². The molecule has 0 radical (unpaired) electrons. The summed E-state index contributed by atoms with van der Waals surface area (Å²) in [6.07, 6.45) is 3.33. The predicted molar refractivity (Wildman–Crippen MR) is 104 cm³/mol. The van der Waals surface area contributed by atoms with Crippen molar-refractivity contribution in [3.8, 4) is 0 Å². The third-order valence-electron chi connectivity index (χ3n) is 4.53. The van der Waals surface area contributed by atoms with E-state index >= 15 is 0 Å². The van der Waals surface area contributed by atoms with Crippen molar-refractivity contribution in [2.45, 2.75) is 19.4 Å². The van der Waals surface area contributed by atoms with Gasteiger partial charge in [0.05, 0.1) is 0 Å². The number of amides is 1. The Morgan fingerprint density at radius 3 is 2.48 bits per heavy atom. The SMILES string of the molecule is CN(C)c1ccc(CNC(=O)CCc2ccc3c(ccn3C)c2)cc1. The maximum absolute atomic E-state index is 12.1. The summed E-state index contributed by atoms with van der Waals surface area (Å²) in [5.74, 6) is 0.0878. The summed E-state index contributed by atoms with van der Waals surface area (Å²) in [5, 5.41) is 4.23. The van der Waals surface area contributed by atoms with E-state index in [2.05, 4.69) is 69.5 Å². The van der Waals surface area contributed by atoms with Crippen LogP contribution in [0.4, 0.5) is 5.69 Å². The monoisotopic (exact) mass is 335 g/mol. The number of rotatable bonds is 6. The molecule has 2 aromatic carbocycles. The number of aromatic nitrogens is 1. The van der Waals surface area contributed by atoms with Crippen LogP contribution in [-0.2, 0) is 24.8 Å². The fourth-order valence-corrected chi connectivity index (χ4v) is 2.95. The van der Waals surface area contributed by atoms with Crippen LogP contribution >= 0.6 is 0 Å². The number of carbonyl (C=O) groups excluding carboxylic acids is 1. The fraction of sp³-hybridized carbons (Fsp3) is 0.286. The summed E-state index contributed by atoms with van der Waals surface area (Å²) in [6, 6.07) is 16.7. The zero-order valence-electron chi connectivity index (χ0n) is 15.1. The first-order valence-corrected chi connectivity index (χ1v) is 8.60. The summed E-state index contributed by atoms with van der Waals surface area (Å²) in [7, 11) is 6.08. The lowest BCUT2D eigenvalue weighted by molar-refractivity contribution is -0.121. The number of carbonyl (C=O) groups is 1. The minimum absolute atomic E-state index is 0.0878. The Morgan fingerprint density at radius 1 is 1.04 bits per heavy atom. The van der Waals surface area contributed by atoms with E-state index in [1.807, 2.05) is 21.1 Å². The first-order chi connectivity index (χ1) is 12.0. The van der Waals surface area contributed by atoms with Crippen LogP contribution in [0.3, 0.4) is 0 Å². The van der Waals surface area contributed by atoms with E-state index in [4.69, 9.17) is 0 Å². The zero-order valence-corrected chi connectivity index (χ0v) is 15.1. The lowest BCUT2D eigenvalue weighted by atomic mass is 10.1. The van der Waals surface area contributed by atoms with E-state index in [1.54, 1.807) is 0 Å². The predicted octanol–water partition coefficient (Wildman–Crippen LogP) is 3.49. The van der Waals surface area contributed by atoms with E-state index < -0.39 is 0 Å². The van der Waals surface area contributed by atoms with E-state index in [0.717, 1.165) is 17.7 Å². The molecule has 1 heterocycles. The molecule has 1 aromatic heterocycles. The van der Waals surface area contributed by atoms with Crippen LogP contribution in [0.1, 0.15) is 17.5 Å². The second kappa shape index (κ2) is 7.43. The summed E-state index contributed by atoms with van der Waals surface area (Å²) >= 11 is 0. The number of anilines is 1. The average molecular weight is 335 g/mol. The molecule has 4 nitrogen and oxygen atoms in total. The quantitative estimate of drug-likeness (QED) is 0.749. The van der Waals surface area contributed by atoms with Crippen molar-refractivity contribution in [1.29, 1.82) is 0 Å². The fourth-order valence-electron chi connectivity index (χ4n) is 2.95. The van der Waals surface area contributed by atoms with Crippen LogP contribution < -0.4 is 10.2 Å². The van der Waals surface area contributed by atoms with Gasteiger partial charge in [-0.15, -0.1) is 0 Å². The number of hydrogen-bond acceptors (Lipinski definition) is 2. The van der Waals surface area contributed by atoms with Gasteiger partial charge in [-0.25, -0.2) is 0 Å². The third-order valence-corrected chi connectivity index (χ3v) is 4.53. The Bertz CT molecular complexity index is 862. The molecule has 0 saturated heterocycles. The Hall–Kier alpha value is -2.75. The molecule has 4 heteroatoms. The van der Waals surface area contributed by atoms with Crippen molar-refractivity contribution in [3.05, 3.63) is 65.9 Å². The lowest BCUT2D eigenvalue weighted by Crippen LogP contribution is -2.23. The Morgan fingerprint density at radius 2 is 1.76 bits per heavy atom. The molecule has 1 amide bonds. The first kappa shape index (κ1) is 17.1. The van der Waals surface area contributed by atoms with Crippen LogP contribution in [-0.4, -0.2) is 24.6 Å². The van der Waals surface area contributed by atoms with Crippen molar-refractivity contribution in [2.24, 2.45) is 7.05 Å². The van der Waals surface area contributed by atoms with E-state index in [0.29, 0.717) is 13.0 Å². The van der Waals surface area contributed by atoms with Gasteiger partial charge in [-0.2, -0.15) is 0 Å². The van der Waals surface area contributed by atoms with Crippen molar-refractivity contribution in [3.63, 3.8) is 0 Å². The molecule has 0 bridgehead atoms. The van der Waals surface area contributed by atoms with Gasteiger partial charge < -0.3 is 14.8 Å². The minimum Gasteiger partial charge on any atom is -0.378 e. The molecule has 25 heavy (non-hydrogen) atoms. The normalized spacial score (nSPS) is 10.8. The number of fused-ring (bicyclic) bond motifs is 1. The summed E-state index contributed by atoms with van der Waals surface area (Å²) in [4.78, 5) is 14.2. The Labute approximate surface area is 149 Å². The molecule has 0 aliphatic carbocycles. The summed E-state index contributed by atoms with van der Waals surface area (Å²) in [5.41, 5.74) is 4.69. The molecular formula is C21H25N3O. The molecule has 130 valence electrons. The van der Waals surface area contributed by atoms with Crippen LogP contribution in [0.2, 0.25) is 0 Å². The van der Waals surface area contributed by atoms with Crippen molar-refractivity contribution < 1.29 is 4.79 Å². The van der Waals surface area contributed by atoms with Crippen molar-refractivity contribution in [1.82, 2.24) is 9.88 Å². The molecule has 0 atom stereocenters. The Balaban J connectivity index is 1.50. The van der Waals surface area contributed by atoms with Gasteiger partial charge in [-0.1, -0.05) is 18.2 Å². The smallest absolute Gasteiger partial charge is 0.220 e. The van der Waals surface area contributed by atoms with Gasteiger partial charge in [0.25, 0.3) is 0 Å². The van der Waals surface area contributed by atoms with Crippen molar-refractivity contribution >= 4 is 22.5 Å². The van der Waals surface area contributed by atoms with Gasteiger partial charge in [0, 0.05) is 51.5 Å². The maximum atomic E-state index is 12.1. The number of benzene rings is 2. The molecule has 3 aromatic rings. The van der Waals surface area contributed by atoms with E-state index in [9.17, 15) is 4.79 Å². The second-order valence-corrected chi connectivity index (χ2v) is 6.66. The lowest BCUT2D eigenvalue weighted by Gasteiger charge is -2.13. The number of nitrogens with one attached hydrogen (secondary N) is 1. The minimum atomic E-state index is 0.0878. The highest BCUT2D eigenvalue weighted by atomic mass is 16.1. The topological polar surface area (TPSA) is 37.3 Å². The Kier molecular flexibility index (Phi) is 5.08. The van der Waals surface area contributed by atoms with Gasteiger partial charge >= 0.3 is 0 Å². The van der Waals surface area contributed by atoms with Crippen LogP contribution in [0.5, 0.6) is 0 Å². The van der Waals surface area contributed by atoms with Crippen LogP contribution in [0.15, 0.2) is 54.7 Å². The molecule has 3 rings (SSSR count). The second-order valence-electron chi connectivity index (χ2n) is 6.66. The molecule has 0 fully saturated rings. The van der Waals surface area contributed by atoms with Gasteiger partial charge in [0.2, 0.25) is 5.91 Å². The van der Waals surface area contributed by atoms with Gasteiger partial charge in [0.1, 0.15) is 0 Å². The summed E-state index contributed by atoms with van der Waals surface area (Å²) < 4.78 is 2.10. The highest BCUT2D eigenvalue weighted by molar-refractivity contribution is 5.81. The average Bonchev–Trinajstić information content (AvgIpc) is 2.99. The molecule has 0 aliphatic rings. The van der Waals surface area contributed by atoms with E-state index in [1.165, 1.54) is 16.5 Å². The van der Waals surface area contributed by atoms with Gasteiger partial charge in [-0.05, 0) is 53.3 Å². The van der Waals surface area contributed by atoms with Gasteiger partial charge in [-0.3, -0.25) is 4.79 Å². The maximum Gasteiger partial charge on any atom is 0.220 e. The molecule has 0 spiro atoms. The number of nitrogens with zero attached hydrogens (tertiary/aromatic N) is 2. The molecule has 1 N–H and O–H groups in total. The standard InChI is InChI=1S/C21H25N3O/c1-23(2)19-8-4-17(5-9-19)15-22-21(25)11-7-16-6-10-20-18(14-16)12-13-24(20)3/h4-6,8-10,12-14H,7,11,15H2,1-3H3,(H,22,25). The number of hydrogen-bond donors (Lipinski definition) is 1.